The molecule has 14 heavy (non-hydrogen) atoms. The fourth-order valence-corrected chi connectivity index (χ4v) is 1.59. The molecule has 0 aliphatic heterocycles. The lowest BCUT2D eigenvalue weighted by Crippen LogP contribution is -2.12. The van der Waals surface area contributed by atoms with E-state index in [-0.39, 0.29) is 5.56 Å². The topological polar surface area (TPSA) is 58.6 Å². The van der Waals surface area contributed by atoms with Gasteiger partial charge in [0.25, 0.3) is 5.56 Å². The Morgan fingerprint density at radius 1 is 1.21 bits per heavy atom. The molecule has 0 unspecified atom stereocenters. The maximum absolute atomic E-state index is 11.6. The fourth-order valence-electron chi connectivity index (χ4n) is 1.59. The predicted octanol–water partition coefficient (Wildman–Crippen LogP) is 1.24. The summed E-state index contributed by atoms with van der Waals surface area (Å²) in [7, 11) is 0. The van der Waals surface area contributed by atoms with Crippen LogP contribution >= 0.6 is 0 Å². The first kappa shape index (κ1) is 8.87. The van der Waals surface area contributed by atoms with Gasteiger partial charge in [0, 0.05) is 5.69 Å². The van der Waals surface area contributed by atoms with Crippen LogP contribution in [0.1, 0.15) is 17.1 Å². The Morgan fingerprint density at radius 3 is 2.64 bits per heavy atom. The summed E-state index contributed by atoms with van der Waals surface area (Å²) in [5.74, 6) is 0.597. The molecule has 0 atom stereocenters. The Morgan fingerprint density at radius 2 is 1.93 bits per heavy atom. The van der Waals surface area contributed by atoms with Gasteiger partial charge in [-0.2, -0.15) is 0 Å². The van der Waals surface area contributed by atoms with Crippen molar-refractivity contribution in [1.82, 2.24) is 15.0 Å². The summed E-state index contributed by atoms with van der Waals surface area (Å²) in [5.41, 5.74) is 2.22. The second kappa shape index (κ2) is 2.90. The number of pyridine rings is 1. The third-order valence-corrected chi connectivity index (χ3v) is 2.12. The van der Waals surface area contributed by atoms with E-state index in [0.717, 1.165) is 11.3 Å². The van der Waals surface area contributed by atoms with E-state index in [1.54, 1.807) is 6.92 Å². The molecular formula is C10H11N3O. The largest absolute Gasteiger partial charge is 0.310 e. The van der Waals surface area contributed by atoms with Crippen molar-refractivity contribution in [2.75, 3.05) is 0 Å². The summed E-state index contributed by atoms with van der Waals surface area (Å²) >= 11 is 0. The number of aromatic nitrogens is 3. The summed E-state index contributed by atoms with van der Waals surface area (Å²) in [4.78, 5) is 22.7. The van der Waals surface area contributed by atoms with Crippen LogP contribution < -0.4 is 5.56 Å². The first-order valence-corrected chi connectivity index (χ1v) is 4.43. The van der Waals surface area contributed by atoms with E-state index in [9.17, 15) is 4.79 Å². The molecule has 2 aromatic heterocycles. The van der Waals surface area contributed by atoms with E-state index in [1.165, 1.54) is 0 Å². The number of H-pyrrole nitrogens is 1. The summed E-state index contributed by atoms with van der Waals surface area (Å²) < 4.78 is 0. The minimum Gasteiger partial charge on any atom is -0.310 e. The third-order valence-electron chi connectivity index (χ3n) is 2.12. The van der Waals surface area contributed by atoms with Gasteiger partial charge in [-0.05, 0) is 32.4 Å². The minimum absolute atomic E-state index is 0.113. The molecule has 0 fully saturated rings. The molecule has 0 spiro atoms. The van der Waals surface area contributed by atoms with Gasteiger partial charge in [-0.25, -0.2) is 9.97 Å². The van der Waals surface area contributed by atoms with E-state index in [1.807, 2.05) is 19.9 Å². The van der Waals surface area contributed by atoms with Crippen LogP contribution in [0, 0.1) is 20.8 Å². The summed E-state index contributed by atoms with van der Waals surface area (Å²) in [6.07, 6.45) is 0. The van der Waals surface area contributed by atoms with Crippen molar-refractivity contribution in [3.05, 3.63) is 33.5 Å². The van der Waals surface area contributed by atoms with Crippen LogP contribution in [0.2, 0.25) is 0 Å². The van der Waals surface area contributed by atoms with Gasteiger partial charge in [-0.1, -0.05) is 0 Å². The van der Waals surface area contributed by atoms with Gasteiger partial charge in [0.05, 0.1) is 5.39 Å². The van der Waals surface area contributed by atoms with Crippen molar-refractivity contribution < 1.29 is 0 Å². The highest BCUT2D eigenvalue weighted by atomic mass is 16.1. The highest BCUT2D eigenvalue weighted by Gasteiger charge is 2.06. The lowest BCUT2D eigenvalue weighted by atomic mass is 10.2. The smallest absolute Gasteiger partial charge is 0.260 e. The van der Waals surface area contributed by atoms with Crippen LogP contribution in [0.4, 0.5) is 0 Å². The van der Waals surface area contributed by atoms with Crippen LogP contribution in [0.3, 0.4) is 0 Å². The average Bonchev–Trinajstić information content (AvgIpc) is 1.99. The van der Waals surface area contributed by atoms with Crippen LogP contribution in [0.25, 0.3) is 11.0 Å². The van der Waals surface area contributed by atoms with Crippen molar-refractivity contribution in [2.24, 2.45) is 0 Å². The van der Waals surface area contributed by atoms with E-state index in [4.69, 9.17) is 0 Å². The Labute approximate surface area is 81.0 Å². The zero-order valence-corrected chi connectivity index (χ0v) is 8.38. The molecule has 4 nitrogen and oxygen atoms in total. The molecular weight excluding hydrogens is 178 g/mol. The van der Waals surface area contributed by atoms with Crippen LogP contribution in [0.15, 0.2) is 10.9 Å². The zero-order valence-electron chi connectivity index (χ0n) is 8.38. The number of nitrogens with one attached hydrogen (secondary N) is 1. The van der Waals surface area contributed by atoms with E-state index in [2.05, 4.69) is 15.0 Å². The van der Waals surface area contributed by atoms with Gasteiger partial charge >= 0.3 is 0 Å². The predicted molar refractivity (Wildman–Crippen MR) is 54.4 cm³/mol. The summed E-state index contributed by atoms with van der Waals surface area (Å²) in [6.45, 7) is 5.54. The minimum atomic E-state index is -0.113. The zero-order chi connectivity index (χ0) is 10.3. The van der Waals surface area contributed by atoms with Crippen molar-refractivity contribution in [2.45, 2.75) is 20.8 Å². The highest BCUT2D eigenvalue weighted by Crippen LogP contribution is 2.10. The SMILES string of the molecule is Cc1cc(C)c2c(=O)[nH]c(C)nc2n1. The molecule has 0 aromatic carbocycles. The number of aryl methyl sites for hydroxylation is 3. The van der Waals surface area contributed by atoms with Crippen molar-refractivity contribution >= 4 is 11.0 Å². The molecule has 2 heterocycles. The van der Waals surface area contributed by atoms with Crippen molar-refractivity contribution in [3.63, 3.8) is 0 Å². The second-order valence-corrected chi connectivity index (χ2v) is 3.43. The molecule has 1 N–H and O–H groups in total. The number of fused-ring (bicyclic) bond motifs is 1. The molecule has 0 saturated heterocycles. The molecule has 2 rings (SSSR count). The Bertz CT molecular complexity index is 552. The lowest BCUT2D eigenvalue weighted by Gasteiger charge is -2.02. The number of rotatable bonds is 0. The van der Waals surface area contributed by atoms with Gasteiger partial charge in [0.1, 0.15) is 5.82 Å². The first-order valence-electron chi connectivity index (χ1n) is 4.43. The molecule has 0 saturated carbocycles. The number of nitrogens with zero attached hydrogens (tertiary/aromatic N) is 2. The van der Waals surface area contributed by atoms with E-state index < -0.39 is 0 Å². The van der Waals surface area contributed by atoms with E-state index in [0.29, 0.717) is 16.9 Å². The van der Waals surface area contributed by atoms with Gasteiger partial charge in [-0.3, -0.25) is 4.79 Å². The van der Waals surface area contributed by atoms with Gasteiger partial charge in [0.15, 0.2) is 5.65 Å². The maximum Gasteiger partial charge on any atom is 0.260 e. The van der Waals surface area contributed by atoms with Crippen molar-refractivity contribution in [3.8, 4) is 0 Å². The normalized spacial score (nSPS) is 10.8. The average molecular weight is 189 g/mol. The van der Waals surface area contributed by atoms with Gasteiger partial charge in [-0.15, -0.1) is 0 Å². The molecule has 2 aromatic rings. The van der Waals surface area contributed by atoms with Gasteiger partial charge < -0.3 is 4.98 Å². The lowest BCUT2D eigenvalue weighted by molar-refractivity contribution is 1.03. The summed E-state index contributed by atoms with van der Waals surface area (Å²) in [6, 6.07) is 1.88. The standard InChI is InChI=1S/C10H11N3O/c1-5-4-6(2)11-9-8(5)10(14)13-7(3)12-9/h4H,1-3H3,(H,11,12,13,14). The van der Waals surface area contributed by atoms with Crippen LogP contribution in [0.5, 0.6) is 0 Å². The number of hydrogen-bond donors (Lipinski definition) is 1. The fraction of sp³-hybridized carbons (Fsp3) is 0.300. The Hall–Kier alpha value is -1.71. The molecule has 4 heteroatoms. The monoisotopic (exact) mass is 189 g/mol. The second-order valence-electron chi connectivity index (χ2n) is 3.43. The number of hydrogen-bond acceptors (Lipinski definition) is 3. The van der Waals surface area contributed by atoms with E-state index >= 15 is 0 Å². The highest BCUT2D eigenvalue weighted by molar-refractivity contribution is 5.77. The summed E-state index contributed by atoms with van der Waals surface area (Å²) in [5, 5.41) is 0.584. The van der Waals surface area contributed by atoms with Crippen LogP contribution in [-0.4, -0.2) is 15.0 Å². The molecule has 72 valence electrons. The quantitative estimate of drug-likeness (QED) is 0.678. The number of aromatic amines is 1. The van der Waals surface area contributed by atoms with Crippen molar-refractivity contribution in [1.29, 1.82) is 0 Å². The van der Waals surface area contributed by atoms with Gasteiger partial charge in [0.2, 0.25) is 0 Å². The van der Waals surface area contributed by atoms with Crippen LogP contribution in [-0.2, 0) is 0 Å². The molecule has 0 amide bonds. The molecule has 0 aliphatic carbocycles. The Balaban J connectivity index is 3.02. The third kappa shape index (κ3) is 1.28. The maximum atomic E-state index is 11.6. The first-order chi connectivity index (χ1) is 6.58. The molecule has 0 radical (unpaired) electrons. The molecule has 0 bridgehead atoms. The Kier molecular flexibility index (Phi) is 1.84. The molecule has 0 aliphatic rings.